The van der Waals surface area contributed by atoms with Gasteiger partial charge in [-0.25, -0.2) is 4.68 Å². The van der Waals surface area contributed by atoms with Gasteiger partial charge in [-0.3, -0.25) is 10.1 Å². The Morgan fingerprint density at radius 1 is 1.50 bits per heavy atom. The fourth-order valence-electron chi connectivity index (χ4n) is 2.24. The van der Waals surface area contributed by atoms with Crippen LogP contribution in [0, 0.1) is 10.1 Å². The average molecular weight is 339 g/mol. The molecule has 0 atom stereocenters. The Morgan fingerprint density at radius 3 is 3.05 bits per heavy atom. The molecule has 0 aliphatic carbocycles. The number of aromatic nitrogens is 2. The first kappa shape index (κ1) is 13.1. The molecule has 0 spiro atoms. The highest BCUT2D eigenvalue weighted by Crippen LogP contribution is 2.31. The first-order valence-electron chi connectivity index (χ1n) is 5.96. The molecule has 1 aliphatic heterocycles. The molecule has 104 valence electrons. The van der Waals surface area contributed by atoms with Crippen LogP contribution in [0.4, 0.5) is 11.5 Å². The van der Waals surface area contributed by atoms with Gasteiger partial charge in [0, 0.05) is 28.6 Å². The van der Waals surface area contributed by atoms with Crippen LogP contribution in [-0.4, -0.2) is 21.3 Å². The van der Waals surface area contributed by atoms with E-state index in [4.69, 9.17) is 10.5 Å². The fraction of sp³-hybridized carbons (Fsp3) is 0.250. The summed E-state index contributed by atoms with van der Waals surface area (Å²) in [5.41, 5.74) is 8.30. The maximum Gasteiger partial charge on any atom is 0.271 e. The number of nitro benzene ring substituents is 1. The summed E-state index contributed by atoms with van der Waals surface area (Å²) in [4.78, 5) is 10.5. The number of hydrogen-bond acceptors (Lipinski definition) is 5. The number of nitro groups is 1. The third-order valence-corrected chi connectivity index (χ3v) is 3.89. The van der Waals surface area contributed by atoms with Crippen molar-refractivity contribution >= 4 is 27.4 Å². The Bertz CT molecular complexity index is 698. The molecule has 1 aromatic carbocycles. The molecule has 3 rings (SSSR count). The maximum absolute atomic E-state index is 10.9. The number of nitrogen functional groups attached to an aromatic ring is 1. The molecule has 2 N–H and O–H groups in total. The van der Waals surface area contributed by atoms with Crippen LogP contribution in [0.25, 0.3) is 5.69 Å². The average Bonchev–Trinajstić information content (AvgIpc) is 2.77. The Balaban J connectivity index is 2.18. The van der Waals surface area contributed by atoms with E-state index in [1.807, 2.05) is 0 Å². The highest BCUT2D eigenvalue weighted by atomic mass is 79.9. The summed E-state index contributed by atoms with van der Waals surface area (Å²) >= 11 is 3.40. The SMILES string of the molecule is Nc1nn(-c2cc([N+](=O)[O-])ccc2Br)c2c1COCC2. The van der Waals surface area contributed by atoms with Crippen LogP contribution in [0.15, 0.2) is 22.7 Å². The van der Waals surface area contributed by atoms with Gasteiger partial charge in [0.15, 0.2) is 5.82 Å². The molecule has 2 heterocycles. The van der Waals surface area contributed by atoms with Crippen molar-refractivity contribution in [2.75, 3.05) is 12.3 Å². The second-order valence-electron chi connectivity index (χ2n) is 4.42. The number of benzene rings is 1. The lowest BCUT2D eigenvalue weighted by molar-refractivity contribution is -0.384. The summed E-state index contributed by atoms with van der Waals surface area (Å²) in [6.45, 7) is 1.01. The van der Waals surface area contributed by atoms with Gasteiger partial charge in [-0.1, -0.05) is 0 Å². The summed E-state index contributed by atoms with van der Waals surface area (Å²) in [5, 5.41) is 15.2. The third kappa shape index (κ3) is 2.06. The lowest BCUT2D eigenvalue weighted by Crippen LogP contribution is -2.13. The van der Waals surface area contributed by atoms with Crippen molar-refractivity contribution in [2.24, 2.45) is 0 Å². The minimum absolute atomic E-state index is 0.0121. The molecule has 0 unspecified atom stereocenters. The largest absolute Gasteiger partial charge is 0.382 e. The fourth-order valence-corrected chi connectivity index (χ4v) is 2.65. The van der Waals surface area contributed by atoms with Gasteiger partial charge in [0.1, 0.15) is 0 Å². The van der Waals surface area contributed by atoms with Crippen molar-refractivity contribution in [3.8, 4) is 5.69 Å². The van der Waals surface area contributed by atoms with E-state index in [0.29, 0.717) is 31.1 Å². The number of anilines is 1. The van der Waals surface area contributed by atoms with E-state index in [-0.39, 0.29) is 5.69 Å². The summed E-state index contributed by atoms with van der Waals surface area (Å²) in [7, 11) is 0. The molecule has 1 aliphatic rings. The Kier molecular flexibility index (Phi) is 3.19. The van der Waals surface area contributed by atoms with Gasteiger partial charge in [0.05, 0.1) is 29.5 Å². The van der Waals surface area contributed by atoms with Gasteiger partial charge in [0.2, 0.25) is 0 Å². The van der Waals surface area contributed by atoms with Gasteiger partial charge in [-0.15, -0.1) is 0 Å². The number of nitrogens with two attached hydrogens (primary N) is 1. The van der Waals surface area contributed by atoms with Crippen LogP contribution in [0.2, 0.25) is 0 Å². The molecule has 0 saturated heterocycles. The van der Waals surface area contributed by atoms with Crippen LogP contribution in [0.3, 0.4) is 0 Å². The standard InChI is InChI=1S/C12H11BrN4O3/c13-9-2-1-7(17(18)19)5-11(9)16-10-3-4-20-6-8(10)12(14)15-16/h1-2,5H,3-4,6H2,(H2,14,15). The zero-order chi connectivity index (χ0) is 14.3. The van der Waals surface area contributed by atoms with E-state index >= 15 is 0 Å². The van der Waals surface area contributed by atoms with Crippen molar-refractivity contribution < 1.29 is 9.66 Å². The second-order valence-corrected chi connectivity index (χ2v) is 5.27. The summed E-state index contributed by atoms with van der Waals surface area (Å²) in [6.07, 6.45) is 0.675. The van der Waals surface area contributed by atoms with Crippen molar-refractivity contribution in [1.82, 2.24) is 9.78 Å². The number of ether oxygens (including phenoxy) is 1. The van der Waals surface area contributed by atoms with E-state index in [9.17, 15) is 10.1 Å². The number of halogens is 1. The van der Waals surface area contributed by atoms with E-state index < -0.39 is 4.92 Å². The van der Waals surface area contributed by atoms with Gasteiger partial charge >= 0.3 is 0 Å². The third-order valence-electron chi connectivity index (χ3n) is 3.22. The quantitative estimate of drug-likeness (QED) is 0.668. The summed E-state index contributed by atoms with van der Waals surface area (Å²) < 4.78 is 7.74. The van der Waals surface area contributed by atoms with Crippen LogP contribution >= 0.6 is 15.9 Å². The number of nitrogens with zero attached hydrogens (tertiary/aromatic N) is 3. The smallest absolute Gasteiger partial charge is 0.271 e. The molecule has 0 fully saturated rings. The first-order valence-corrected chi connectivity index (χ1v) is 6.75. The van der Waals surface area contributed by atoms with Crippen molar-refractivity contribution in [2.45, 2.75) is 13.0 Å². The number of non-ortho nitro benzene ring substituents is 1. The molecule has 2 aromatic rings. The zero-order valence-electron chi connectivity index (χ0n) is 10.4. The summed E-state index contributed by atoms with van der Waals surface area (Å²) in [5.74, 6) is 0.401. The highest BCUT2D eigenvalue weighted by molar-refractivity contribution is 9.10. The van der Waals surface area contributed by atoms with Gasteiger partial charge in [0.25, 0.3) is 5.69 Å². The van der Waals surface area contributed by atoms with E-state index in [2.05, 4.69) is 21.0 Å². The van der Waals surface area contributed by atoms with Crippen LogP contribution in [0.5, 0.6) is 0 Å². The Morgan fingerprint density at radius 2 is 2.30 bits per heavy atom. The Hall–Kier alpha value is -1.93. The summed E-state index contributed by atoms with van der Waals surface area (Å²) in [6, 6.07) is 4.55. The Labute approximate surface area is 122 Å². The minimum atomic E-state index is -0.432. The molecule has 1 aromatic heterocycles. The molecular weight excluding hydrogens is 328 g/mol. The molecular formula is C12H11BrN4O3. The molecule has 20 heavy (non-hydrogen) atoms. The number of rotatable bonds is 2. The lowest BCUT2D eigenvalue weighted by Gasteiger charge is -2.15. The number of hydrogen-bond donors (Lipinski definition) is 1. The predicted octanol–water partition coefficient (Wildman–Crippen LogP) is 2.20. The topological polar surface area (TPSA) is 96.2 Å². The van der Waals surface area contributed by atoms with E-state index in [1.54, 1.807) is 10.7 Å². The minimum Gasteiger partial charge on any atom is -0.382 e. The first-order chi connectivity index (χ1) is 9.58. The predicted molar refractivity (Wildman–Crippen MR) is 75.7 cm³/mol. The highest BCUT2D eigenvalue weighted by Gasteiger charge is 2.22. The van der Waals surface area contributed by atoms with Crippen molar-refractivity contribution in [3.05, 3.63) is 44.0 Å². The maximum atomic E-state index is 10.9. The number of fused-ring (bicyclic) bond motifs is 1. The molecule has 0 bridgehead atoms. The zero-order valence-corrected chi connectivity index (χ0v) is 12.0. The molecule has 0 saturated carbocycles. The molecule has 7 nitrogen and oxygen atoms in total. The normalized spacial score (nSPS) is 14.1. The molecule has 8 heteroatoms. The van der Waals surface area contributed by atoms with Crippen molar-refractivity contribution in [3.63, 3.8) is 0 Å². The van der Waals surface area contributed by atoms with Gasteiger partial charge in [-0.2, -0.15) is 5.10 Å². The van der Waals surface area contributed by atoms with Crippen LogP contribution in [0.1, 0.15) is 11.3 Å². The van der Waals surface area contributed by atoms with Crippen molar-refractivity contribution in [1.29, 1.82) is 0 Å². The molecule has 0 amide bonds. The van der Waals surface area contributed by atoms with E-state index in [0.717, 1.165) is 15.7 Å². The lowest BCUT2D eigenvalue weighted by atomic mass is 10.1. The monoisotopic (exact) mass is 338 g/mol. The van der Waals surface area contributed by atoms with Crippen LogP contribution in [-0.2, 0) is 17.8 Å². The van der Waals surface area contributed by atoms with E-state index in [1.165, 1.54) is 12.1 Å². The molecule has 0 radical (unpaired) electrons. The van der Waals surface area contributed by atoms with Gasteiger partial charge < -0.3 is 10.5 Å². The van der Waals surface area contributed by atoms with Gasteiger partial charge in [-0.05, 0) is 22.0 Å². The second kappa shape index (κ2) is 4.88. The van der Waals surface area contributed by atoms with Crippen LogP contribution < -0.4 is 5.73 Å².